The van der Waals surface area contributed by atoms with E-state index in [1.165, 1.54) is 5.56 Å². The maximum absolute atomic E-state index is 11.9. The van der Waals surface area contributed by atoms with Crippen molar-refractivity contribution in [3.05, 3.63) is 48.3 Å². The minimum atomic E-state index is 0.00251. The van der Waals surface area contributed by atoms with Crippen LogP contribution in [-0.4, -0.2) is 28.3 Å². The Bertz CT molecular complexity index is 565. The third kappa shape index (κ3) is 5.04. The number of hydrogen-bond acceptors (Lipinski definition) is 3. The molecule has 1 aromatic heterocycles. The van der Waals surface area contributed by atoms with E-state index in [1.807, 2.05) is 42.9 Å². The number of aromatic nitrogens is 2. The highest BCUT2D eigenvalue weighted by Gasteiger charge is 2.09. The number of hydrogen-bond donors (Lipinski definition) is 2. The predicted molar refractivity (Wildman–Crippen MR) is 84.2 cm³/mol. The summed E-state index contributed by atoms with van der Waals surface area (Å²) in [5.74, 6) is 0.00251. The third-order valence-corrected chi connectivity index (χ3v) is 3.15. The highest BCUT2D eigenvalue weighted by Crippen LogP contribution is 2.08. The van der Waals surface area contributed by atoms with E-state index >= 15 is 0 Å². The molecule has 0 aliphatic heterocycles. The highest BCUT2D eigenvalue weighted by atomic mass is 16.1. The predicted octanol–water partition coefficient (Wildman–Crippen LogP) is 2.26. The van der Waals surface area contributed by atoms with Gasteiger partial charge < -0.3 is 10.6 Å². The first-order valence-corrected chi connectivity index (χ1v) is 7.27. The average Bonchev–Trinajstić information content (AvgIpc) is 2.87. The van der Waals surface area contributed by atoms with Crippen LogP contribution in [0.1, 0.15) is 25.8 Å². The van der Waals surface area contributed by atoms with Crippen LogP contribution in [-0.2, 0) is 11.3 Å². The molecular weight excluding hydrogens is 264 g/mol. The molecule has 0 radical (unpaired) electrons. The van der Waals surface area contributed by atoms with Gasteiger partial charge in [0.25, 0.3) is 0 Å². The van der Waals surface area contributed by atoms with Crippen molar-refractivity contribution in [3.63, 3.8) is 0 Å². The molecule has 1 atom stereocenters. The van der Waals surface area contributed by atoms with Gasteiger partial charge in [-0.3, -0.25) is 9.48 Å². The largest absolute Gasteiger partial charge is 0.323 e. The van der Waals surface area contributed by atoms with Gasteiger partial charge in [-0.25, -0.2) is 0 Å². The molecule has 1 heterocycles. The summed E-state index contributed by atoms with van der Waals surface area (Å²) in [6.07, 6.45) is 3.99. The number of anilines is 1. The fourth-order valence-electron chi connectivity index (χ4n) is 2.20. The van der Waals surface area contributed by atoms with Gasteiger partial charge in [0.1, 0.15) is 0 Å². The lowest BCUT2D eigenvalue weighted by molar-refractivity contribution is -0.116. The number of carbonyl (C=O) groups excluding carboxylic acids is 1. The molecule has 1 aromatic carbocycles. The number of benzene rings is 1. The molecule has 0 fully saturated rings. The van der Waals surface area contributed by atoms with Crippen molar-refractivity contribution in [3.8, 4) is 0 Å². The Kier molecular flexibility index (Phi) is 5.51. The van der Waals surface area contributed by atoms with Crippen molar-refractivity contribution in [2.24, 2.45) is 0 Å². The van der Waals surface area contributed by atoms with E-state index in [4.69, 9.17) is 0 Å². The van der Waals surface area contributed by atoms with Gasteiger partial charge in [0.15, 0.2) is 0 Å². The van der Waals surface area contributed by atoms with Crippen LogP contribution in [0, 0.1) is 0 Å². The fourth-order valence-corrected chi connectivity index (χ4v) is 2.20. The number of rotatable bonds is 7. The summed E-state index contributed by atoms with van der Waals surface area (Å²) >= 11 is 0. The molecule has 1 unspecified atom stereocenters. The maximum atomic E-state index is 11.9. The number of nitrogens with one attached hydrogen (secondary N) is 2. The van der Waals surface area contributed by atoms with Crippen LogP contribution >= 0.6 is 0 Å². The zero-order valence-corrected chi connectivity index (χ0v) is 12.5. The summed E-state index contributed by atoms with van der Waals surface area (Å²) in [6.45, 7) is 5.60. The molecular formula is C16H22N4O. The molecule has 21 heavy (non-hydrogen) atoms. The fraction of sp³-hybridized carbons (Fsp3) is 0.375. The molecule has 1 amide bonds. The van der Waals surface area contributed by atoms with Gasteiger partial charge in [0.05, 0.1) is 18.4 Å². The van der Waals surface area contributed by atoms with Crippen molar-refractivity contribution >= 4 is 11.6 Å². The molecule has 0 spiro atoms. The lowest BCUT2D eigenvalue weighted by atomic mass is 10.2. The van der Waals surface area contributed by atoms with Crippen LogP contribution in [0.5, 0.6) is 0 Å². The smallest absolute Gasteiger partial charge is 0.226 e. The first kappa shape index (κ1) is 15.3. The van der Waals surface area contributed by atoms with Crippen LogP contribution < -0.4 is 10.6 Å². The van der Waals surface area contributed by atoms with E-state index in [0.717, 1.165) is 12.2 Å². The lowest BCUT2D eigenvalue weighted by Crippen LogP contribution is -2.30. The van der Waals surface area contributed by atoms with Crippen molar-refractivity contribution in [2.75, 3.05) is 11.9 Å². The molecule has 0 bridgehead atoms. The van der Waals surface area contributed by atoms with Crippen LogP contribution in [0.3, 0.4) is 0 Å². The van der Waals surface area contributed by atoms with E-state index in [1.54, 1.807) is 6.20 Å². The van der Waals surface area contributed by atoms with Crippen molar-refractivity contribution in [2.45, 2.75) is 32.9 Å². The first-order valence-electron chi connectivity index (χ1n) is 7.27. The maximum Gasteiger partial charge on any atom is 0.226 e. The van der Waals surface area contributed by atoms with Gasteiger partial charge in [0.2, 0.25) is 5.91 Å². The molecule has 0 saturated carbocycles. The molecule has 112 valence electrons. The highest BCUT2D eigenvalue weighted by molar-refractivity contribution is 5.90. The molecule has 0 aliphatic carbocycles. The van der Waals surface area contributed by atoms with E-state index < -0.39 is 0 Å². The van der Waals surface area contributed by atoms with Gasteiger partial charge in [0, 0.05) is 18.7 Å². The van der Waals surface area contributed by atoms with Gasteiger partial charge in [-0.05, 0) is 19.0 Å². The quantitative estimate of drug-likeness (QED) is 0.821. The number of amides is 1. The second-order valence-corrected chi connectivity index (χ2v) is 5.12. The van der Waals surface area contributed by atoms with Gasteiger partial charge in [-0.15, -0.1) is 0 Å². The van der Waals surface area contributed by atoms with Crippen molar-refractivity contribution in [1.29, 1.82) is 0 Å². The average molecular weight is 286 g/mol. The summed E-state index contributed by atoms with van der Waals surface area (Å²) < 4.78 is 1.82. The molecule has 2 N–H and O–H groups in total. The Balaban J connectivity index is 1.87. The Morgan fingerprint density at radius 3 is 2.81 bits per heavy atom. The Labute approximate surface area is 125 Å². The summed E-state index contributed by atoms with van der Waals surface area (Å²) in [6, 6.07) is 10.3. The first-order chi connectivity index (χ1) is 10.2. The van der Waals surface area contributed by atoms with Crippen LogP contribution in [0.15, 0.2) is 42.7 Å². The summed E-state index contributed by atoms with van der Waals surface area (Å²) in [5, 5.41) is 10.4. The Morgan fingerprint density at radius 1 is 1.33 bits per heavy atom. The molecule has 5 nitrogen and oxygen atoms in total. The molecule has 0 saturated heterocycles. The second-order valence-electron chi connectivity index (χ2n) is 5.12. The number of carbonyl (C=O) groups is 1. The van der Waals surface area contributed by atoms with Gasteiger partial charge in [-0.1, -0.05) is 37.3 Å². The standard InChI is InChI=1S/C16H22N4O/c1-3-17-13(2)9-16(21)19-15-10-18-20(12-15)11-14-7-5-4-6-8-14/h4-8,10,12-13,17H,3,9,11H2,1-2H3,(H,19,21). The Hall–Kier alpha value is -2.14. The van der Waals surface area contributed by atoms with Gasteiger partial charge >= 0.3 is 0 Å². The number of nitrogens with zero attached hydrogens (tertiary/aromatic N) is 2. The minimum absolute atomic E-state index is 0.00251. The zero-order chi connectivity index (χ0) is 15.1. The molecule has 2 rings (SSSR count). The van der Waals surface area contributed by atoms with Crippen molar-refractivity contribution < 1.29 is 4.79 Å². The summed E-state index contributed by atoms with van der Waals surface area (Å²) in [7, 11) is 0. The summed E-state index contributed by atoms with van der Waals surface area (Å²) in [4.78, 5) is 11.9. The van der Waals surface area contributed by atoms with E-state index in [9.17, 15) is 4.79 Å². The van der Waals surface area contributed by atoms with Gasteiger partial charge in [-0.2, -0.15) is 5.10 Å². The lowest BCUT2D eigenvalue weighted by Gasteiger charge is -2.11. The topological polar surface area (TPSA) is 59.0 Å². The molecule has 0 aliphatic rings. The van der Waals surface area contributed by atoms with E-state index in [0.29, 0.717) is 13.0 Å². The Morgan fingerprint density at radius 2 is 2.10 bits per heavy atom. The molecule has 2 aromatic rings. The van der Waals surface area contributed by atoms with Crippen LogP contribution in [0.25, 0.3) is 0 Å². The zero-order valence-electron chi connectivity index (χ0n) is 12.5. The monoisotopic (exact) mass is 286 g/mol. The summed E-state index contributed by atoms with van der Waals surface area (Å²) in [5.41, 5.74) is 1.92. The second kappa shape index (κ2) is 7.59. The van der Waals surface area contributed by atoms with E-state index in [-0.39, 0.29) is 11.9 Å². The normalized spacial score (nSPS) is 12.1. The minimum Gasteiger partial charge on any atom is -0.323 e. The molecule has 5 heteroatoms. The van der Waals surface area contributed by atoms with E-state index in [2.05, 4.69) is 27.9 Å². The van der Waals surface area contributed by atoms with Crippen LogP contribution in [0.2, 0.25) is 0 Å². The van der Waals surface area contributed by atoms with Crippen molar-refractivity contribution in [1.82, 2.24) is 15.1 Å². The third-order valence-electron chi connectivity index (χ3n) is 3.15. The van der Waals surface area contributed by atoms with Crippen LogP contribution in [0.4, 0.5) is 5.69 Å². The SMILES string of the molecule is CCNC(C)CC(=O)Nc1cnn(Cc2ccccc2)c1.